The zero-order valence-electron chi connectivity index (χ0n) is 7.80. The fourth-order valence-corrected chi connectivity index (χ4v) is 1.73. The summed E-state index contributed by atoms with van der Waals surface area (Å²) in [6.07, 6.45) is 7.47. The van der Waals surface area contributed by atoms with Crippen LogP contribution in [0.2, 0.25) is 0 Å². The highest BCUT2D eigenvalue weighted by atomic mass is 16.6. The summed E-state index contributed by atoms with van der Waals surface area (Å²) in [5.41, 5.74) is -0.263. The molecule has 1 aliphatic heterocycles. The molecule has 12 heavy (non-hydrogen) atoms. The average molecular weight is 168 g/mol. The van der Waals surface area contributed by atoms with Gasteiger partial charge in [-0.25, -0.2) is 4.79 Å². The van der Waals surface area contributed by atoms with Crippen LogP contribution in [0.3, 0.4) is 0 Å². The second kappa shape index (κ2) is 3.74. The van der Waals surface area contributed by atoms with Crippen LogP contribution in [-0.4, -0.2) is 11.6 Å². The topological polar surface area (TPSA) is 26.3 Å². The second-order valence-corrected chi connectivity index (χ2v) is 3.32. The smallest absolute Gasteiger partial charge is 0.331 e. The van der Waals surface area contributed by atoms with Crippen LogP contribution in [0.25, 0.3) is 0 Å². The SMILES string of the molecule is CCCC1(CCC)C=CC(=O)O1. The highest BCUT2D eigenvalue weighted by molar-refractivity contribution is 5.85. The van der Waals surface area contributed by atoms with Gasteiger partial charge < -0.3 is 4.74 Å². The van der Waals surface area contributed by atoms with E-state index in [0.717, 1.165) is 25.7 Å². The summed E-state index contributed by atoms with van der Waals surface area (Å²) < 4.78 is 5.28. The molecule has 0 N–H and O–H groups in total. The van der Waals surface area contributed by atoms with Crippen molar-refractivity contribution < 1.29 is 9.53 Å². The molecule has 0 fully saturated rings. The number of cyclic esters (lactones) is 1. The van der Waals surface area contributed by atoms with E-state index in [-0.39, 0.29) is 11.6 Å². The molecule has 0 bridgehead atoms. The lowest BCUT2D eigenvalue weighted by Gasteiger charge is -2.25. The van der Waals surface area contributed by atoms with Crippen LogP contribution >= 0.6 is 0 Å². The zero-order valence-corrected chi connectivity index (χ0v) is 7.80. The third-order valence-electron chi connectivity index (χ3n) is 2.17. The minimum atomic E-state index is -0.263. The molecule has 1 rings (SSSR count). The van der Waals surface area contributed by atoms with Gasteiger partial charge in [-0.1, -0.05) is 26.7 Å². The molecule has 1 aliphatic rings. The normalized spacial score (nSPS) is 19.7. The first kappa shape index (κ1) is 9.30. The van der Waals surface area contributed by atoms with Gasteiger partial charge in [0.2, 0.25) is 0 Å². The molecule has 68 valence electrons. The van der Waals surface area contributed by atoms with Gasteiger partial charge >= 0.3 is 5.97 Å². The van der Waals surface area contributed by atoms with E-state index in [0.29, 0.717) is 0 Å². The van der Waals surface area contributed by atoms with Crippen molar-refractivity contribution in [2.75, 3.05) is 0 Å². The number of hydrogen-bond acceptors (Lipinski definition) is 2. The Morgan fingerprint density at radius 3 is 2.25 bits per heavy atom. The first-order valence-corrected chi connectivity index (χ1v) is 4.64. The molecule has 0 amide bonds. The lowest BCUT2D eigenvalue weighted by molar-refractivity contribution is -0.146. The Hall–Kier alpha value is -0.790. The zero-order chi connectivity index (χ0) is 9.03. The molecular formula is C10H16O2. The molecule has 0 saturated carbocycles. The summed E-state index contributed by atoms with van der Waals surface area (Å²) in [6.45, 7) is 4.22. The molecule has 0 unspecified atom stereocenters. The van der Waals surface area contributed by atoms with E-state index < -0.39 is 0 Å². The van der Waals surface area contributed by atoms with Crippen molar-refractivity contribution in [2.45, 2.75) is 45.1 Å². The van der Waals surface area contributed by atoms with Gasteiger partial charge in [0.25, 0.3) is 0 Å². The van der Waals surface area contributed by atoms with Gasteiger partial charge in [0, 0.05) is 6.08 Å². The Kier molecular flexibility index (Phi) is 2.90. The molecule has 0 aromatic heterocycles. The van der Waals surface area contributed by atoms with Crippen molar-refractivity contribution in [3.63, 3.8) is 0 Å². The molecular weight excluding hydrogens is 152 g/mol. The van der Waals surface area contributed by atoms with Crippen LogP contribution < -0.4 is 0 Å². The van der Waals surface area contributed by atoms with Crippen molar-refractivity contribution in [3.05, 3.63) is 12.2 Å². The molecule has 2 heteroatoms. The number of ether oxygens (including phenoxy) is 1. The molecule has 0 aromatic carbocycles. The van der Waals surface area contributed by atoms with Gasteiger partial charge in [0.1, 0.15) is 5.60 Å². The van der Waals surface area contributed by atoms with Crippen molar-refractivity contribution >= 4 is 5.97 Å². The van der Waals surface area contributed by atoms with Gasteiger partial charge in [-0.15, -0.1) is 0 Å². The summed E-state index contributed by atoms with van der Waals surface area (Å²) in [7, 11) is 0. The van der Waals surface area contributed by atoms with Crippen LogP contribution in [0, 0.1) is 0 Å². The number of esters is 1. The fourth-order valence-electron chi connectivity index (χ4n) is 1.73. The Morgan fingerprint density at radius 1 is 1.33 bits per heavy atom. The van der Waals surface area contributed by atoms with Crippen molar-refractivity contribution in [1.29, 1.82) is 0 Å². The lowest BCUT2D eigenvalue weighted by atomic mass is 9.93. The summed E-state index contributed by atoms with van der Waals surface area (Å²) in [5, 5.41) is 0. The van der Waals surface area contributed by atoms with Crippen molar-refractivity contribution in [2.24, 2.45) is 0 Å². The van der Waals surface area contributed by atoms with Crippen LogP contribution in [0.4, 0.5) is 0 Å². The van der Waals surface area contributed by atoms with Gasteiger partial charge in [0.15, 0.2) is 0 Å². The highest BCUT2D eigenvalue weighted by Crippen LogP contribution is 2.30. The van der Waals surface area contributed by atoms with E-state index in [1.807, 2.05) is 6.08 Å². The first-order chi connectivity index (χ1) is 5.72. The summed E-state index contributed by atoms with van der Waals surface area (Å²) in [4.78, 5) is 10.9. The number of carbonyl (C=O) groups is 1. The summed E-state index contributed by atoms with van der Waals surface area (Å²) in [6, 6.07) is 0. The molecule has 0 spiro atoms. The first-order valence-electron chi connectivity index (χ1n) is 4.64. The maximum atomic E-state index is 10.9. The van der Waals surface area contributed by atoms with Crippen LogP contribution in [-0.2, 0) is 9.53 Å². The van der Waals surface area contributed by atoms with Gasteiger partial charge in [-0.3, -0.25) is 0 Å². The molecule has 1 heterocycles. The van der Waals surface area contributed by atoms with E-state index in [4.69, 9.17) is 4.74 Å². The van der Waals surface area contributed by atoms with Crippen molar-refractivity contribution in [3.8, 4) is 0 Å². The standard InChI is InChI=1S/C10H16O2/c1-3-6-10(7-4-2)8-5-9(11)12-10/h5,8H,3-4,6-7H2,1-2H3. The maximum absolute atomic E-state index is 10.9. The van der Waals surface area contributed by atoms with Crippen LogP contribution in [0.5, 0.6) is 0 Å². The Morgan fingerprint density at radius 2 is 1.92 bits per heavy atom. The fraction of sp³-hybridized carbons (Fsp3) is 0.700. The molecule has 0 aromatic rings. The van der Waals surface area contributed by atoms with E-state index in [2.05, 4.69) is 13.8 Å². The van der Waals surface area contributed by atoms with Crippen LogP contribution in [0.1, 0.15) is 39.5 Å². The Balaban J connectivity index is 2.61. The third kappa shape index (κ3) is 1.87. The predicted octanol–water partition coefficient (Wildman–Crippen LogP) is 2.44. The van der Waals surface area contributed by atoms with Gasteiger partial charge in [0.05, 0.1) is 0 Å². The van der Waals surface area contributed by atoms with E-state index in [1.54, 1.807) is 6.08 Å². The maximum Gasteiger partial charge on any atom is 0.331 e. The predicted molar refractivity (Wildman–Crippen MR) is 47.8 cm³/mol. The third-order valence-corrected chi connectivity index (χ3v) is 2.17. The lowest BCUT2D eigenvalue weighted by Crippen LogP contribution is -2.27. The summed E-state index contributed by atoms with van der Waals surface area (Å²) in [5.74, 6) is -0.183. The largest absolute Gasteiger partial charge is 0.452 e. The molecule has 0 atom stereocenters. The number of carbonyl (C=O) groups excluding carboxylic acids is 1. The van der Waals surface area contributed by atoms with E-state index in [1.165, 1.54) is 0 Å². The van der Waals surface area contributed by atoms with E-state index in [9.17, 15) is 4.79 Å². The van der Waals surface area contributed by atoms with Gasteiger partial charge in [-0.05, 0) is 18.9 Å². The second-order valence-electron chi connectivity index (χ2n) is 3.32. The Labute approximate surface area is 73.6 Å². The van der Waals surface area contributed by atoms with Crippen LogP contribution in [0.15, 0.2) is 12.2 Å². The monoisotopic (exact) mass is 168 g/mol. The quantitative estimate of drug-likeness (QED) is 0.603. The number of hydrogen-bond donors (Lipinski definition) is 0. The molecule has 2 nitrogen and oxygen atoms in total. The average Bonchev–Trinajstić information content (AvgIpc) is 2.34. The van der Waals surface area contributed by atoms with E-state index >= 15 is 0 Å². The molecule has 0 radical (unpaired) electrons. The van der Waals surface area contributed by atoms with Crippen molar-refractivity contribution in [1.82, 2.24) is 0 Å². The highest BCUT2D eigenvalue weighted by Gasteiger charge is 2.33. The number of rotatable bonds is 4. The van der Waals surface area contributed by atoms with Gasteiger partial charge in [-0.2, -0.15) is 0 Å². The minimum Gasteiger partial charge on any atom is -0.452 e. The molecule has 0 saturated heterocycles. The summed E-state index contributed by atoms with van der Waals surface area (Å²) >= 11 is 0. The Bertz CT molecular complexity index is 188. The minimum absolute atomic E-state index is 0.183. The molecule has 0 aliphatic carbocycles.